The standard InChI is InChI=1S/C12H20N4O2S/c1-4-6-8-16-11(18)14-15-12(16)19-9(3)10(17)13-7-5-2/h5,9H,2,4,6-8H2,1,3H3,(H,13,17)(H,14,18)/t9-/m0/s1. The molecule has 0 unspecified atom stereocenters. The molecular weight excluding hydrogens is 264 g/mol. The molecule has 6 nitrogen and oxygen atoms in total. The lowest BCUT2D eigenvalue weighted by molar-refractivity contribution is -0.120. The van der Waals surface area contributed by atoms with Crippen molar-refractivity contribution in [2.24, 2.45) is 0 Å². The molecule has 19 heavy (non-hydrogen) atoms. The minimum Gasteiger partial charge on any atom is -0.352 e. The summed E-state index contributed by atoms with van der Waals surface area (Å²) in [5, 5.41) is 9.35. The number of thioether (sulfide) groups is 1. The van der Waals surface area contributed by atoms with Crippen LogP contribution in [0.3, 0.4) is 0 Å². The van der Waals surface area contributed by atoms with Crippen LogP contribution in [0.2, 0.25) is 0 Å². The number of nitrogens with one attached hydrogen (secondary N) is 2. The van der Waals surface area contributed by atoms with Crippen LogP contribution in [-0.4, -0.2) is 32.5 Å². The third kappa shape index (κ3) is 4.59. The van der Waals surface area contributed by atoms with Crippen LogP contribution in [0.25, 0.3) is 0 Å². The zero-order valence-electron chi connectivity index (χ0n) is 11.3. The summed E-state index contributed by atoms with van der Waals surface area (Å²) in [4.78, 5) is 23.3. The summed E-state index contributed by atoms with van der Waals surface area (Å²) in [5.41, 5.74) is -0.227. The molecule has 0 bridgehead atoms. The fraction of sp³-hybridized carbons (Fsp3) is 0.583. The van der Waals surface area contributed by atoms with Crippen molar-refractivity contribution in [1.82, 2.24) is 20.1 Å². The van der Waals surface area contributed by atoms with Crippen molar-refractivity contribution in [3.63, 3.8) is 0 Å². The second-order valence-corrected chi connectivity index (χ2v) is 5.42. The van der Waals surface area contributed by atoms with Gasteiger partial charge in [-0.3, -0.25) is 9.36 Å². The van der Waals surface area contributed by atoms with E-state index in [2.05, 4.69) is 29.0 Å². The van der Waals surface area contributed by atoms with E-state index in [0.717, 1.165) is 12.8 Å². The van der Waals surface area contributed by atoms with Crippen LogP contribution >= 0.6 is 11.8 Å². The van der Waals surface area contributed by atoms with Crippen LogP contribution in [0.5, 0.6) is 0 Å². The number of unbranched alkanes of at least 4 members (excludes halogenated alkanes) is 1. The Morgan fingerprint density at radius 1 is 1.68 bits per heavy atom. The summed E-state index contributed by atoms with van der Waals surface area (Å²) < 4.78 is 1.57. The van der Waals surface area contributed by atoms with E-state index in [1.165, 1.54) is 11.8 Å². The number of nitrogens with zero attached hydrogens (tertiary/aromatic N) is 2. The molecule has 0 aliphatic rings. The molecule has 0 aliphatic carbocycles. The Morgan fingerprint density at radius 3 is 3.05 bits per heavy atom. The van der Waals surface area contributed by atoms with Crippen LogP contribution in [0.1, 0.15) is 26.7 Å². The summed E-state index contributed by atoms with van der Waals surface area (Å²) in [6.07, 6.45) is 3.53. The Bertz CT molecular complexity index is 480. The molecule has 1 rings (SSSR count). The topological polar surface area (TPSA) is 79.8 Å². The molecule has 2 N–H and O–H groups in total. The number of carbonyl (C=O) groups is 1. The zero-order valence-corrected chi connectivity index (χ0v) is 12.1. The second kappa shape index (κ2) is 7.83. The molecule has 0 spiro atoms. The van der Waals surface area contributed by atoms with Crippen molar-refractivity contribution in [2.45, 2.75) is 43.6 Å². The molecule has 0 saturated carbocycles. The predicted molar refractivity (Wildman–Crippen MR) is 76.3 cm³/mol. The van der Waals surface area contributed by atoms with Gasteiger partial charge < -0.3 is 5.32 Å². The second-order valence-electron chi connectivity index (χ2n) is 4.11. The Morgan fingerprint density at radius 2 is 2.42 bits per heavy atom. The molecule has 1 amide bonds. The van der Waals surface area contributed by atoms with Gasteiger partial charge in [0.2, 0.25) is 5.91 Å². The van der Waals surface area contributed by atoms with E-state index in [4.69, 9.17) is 0 Å². The van der Waals surface area contributed by atoms with Gasteiger partial charge in [-0.25, -0.2) is 9.89 Å². The average molecular weight is 284 g/mol. The van der Waals surface area contributed by atoms with E-state index in [1.54, 1.807) is 17.6 Å². The van der Waals surface area contributed by atoms with E-state index < -0.39 is 0 Å². The van der Waals surface area contributed by atoms with Gasteiger partial charge in [0.15, 0.2) is 5.16 Å². The van der Waals surface area contributed by atoms with Crippen molar-refractivity contribution in [3.05, 3.63) is 23.1 Å². The first-order valence-corrected chi connectivity index (χ1v) is 7.18. The quantitative estimate of drug-likeness (QED) is 0.554. The maximum absolute atomic E-state index is 11.7. The Balaban J connectivity index is 2.68. The predicted octanol–water partition coefficient (Wildman–Crippen LogP) is 1.15. The van der Waals surface area contributed by atoms with Crippen LogP contribution in [0.4, 0.5) is 0 Å². The highest BCUT2D eigenvalue weighted by Gasteiger charge is 2.18. The normalized spacial score (nSPS) is 12.1. The van der Waals surface area contributed by atoms with Gasteiger partial charge in [0.1, 0.15) is 0 Å². The lowest BCUT2D eigenvalue weighted by Crippen LogP contribution is -2.31. The number of aromatic amines is 1. The monoisotopic (exact) mass is 284 g/mol. The highest BCUT2D eigenvalue weighted by atomic mass is 32.2. The molecule has 0 saturated heterocycles. The summed E-state index contributed by atoms with van der Waals surface area (Å²) in [7, 11) is 0. The summed E-state index contributed by atoms with van der Waals surface area (Å²) in [5.74, 6) is -0.0950. The molecule has 1 heterocycles. The van der Waals surface area contributed by atoms with Gasteiger partial charge in [0, 0.05) is 13.1 Å². The minimum atomic E-state index is -0.310. The van der Waals surface area contributed by atoms with Crippen molar-refractivity contribution in [3.8, 4) is 0 Å². The number of H-pyrrole nitrogens is 1. The van der Waals surface area contributed by atoms with E-state index in [-0.39, 0.29) is 16.8 Å². The number of carbonyl (C=O) groups excluding carboxylic acids is 1. The number of hydrogen-bond acceptors (Lipinski definition) is 4. The number of amides is 1. The smallest absolute Gasteiger partial charge is 0.343 e. The lowest BCUT2D eigenvalue weighted by atomic mass is 10.3. The maximum atomic E-state index is 11.7. The molecule has 0 aliphatic heterocycles. The van der Waals surface area contributed by atoms with Gasteiger partial charge in [-0.05, 0) is 13.3 Å². The fourth-order valence-electron chi connectivity index (χ4n) is 1.43. The molecular formula is C12H20N4O2S. The molecule has 106 valence electrons. The van der Waals surface area contributed by atoms with Crippen molar-refractivity contribution < 1.29 is 4.79 Å². The van der Waals surface area contributed by atoms with Crippen molar-refractivity contribution in [2.75, 3.05) is 6.54 Å². The SMILES string of the molecule is C=CCNC(=O)[C@H](C)Sc1n[nH]c(=O)n1CCCC. The summed E-state index contributed by atoms with van der Waals surface area (Å²) in [6, 6.07) is 0. The fourth-order valence-corrected chi connectivity index (χ4v) is 2.34. The first-order chi connectivity index (χ1) is 9.10. The largest absolute Gasteiger partial charge is 0.352 e. The Kier molecular flexibility index (Phi) is 6.41. The summed E-state index contributed by atoms with van der Waals surface area (Å²) in [6.45, 7) is 8.44. The number of rotatable bonds is 8. The Hall–Kier alpha value is -1.50. The third-order valence-corrected chi connectivity index (χ3v) is 3.62. The number of aromatic nitrogens is 3. The van der Waals surface area contributed by atoms with Gasteiger partial charge in [0.05, 0.1) is 5.25 Å². The molecule has 1 aromatic heterocycles. The van der Waals surface area contributed by atoms with E-state index in [9.17, 15) is 9.59 Å². The van der Waals surface area contributed by atoms with Crippen LogP contribution in [0, 0.1) is 0 Å². The van der Waals surface area contributed by atoms with Gasteiger partial charge in [-0.1, -0.05) is 31.2 Å². The molecule has 1 atom stereocenters. The highest BCUT2D eigenvalue weighted by Crippen LogP contribution is 2.20. The van der Waals surface area contributed by atoms with Crippen LogP contribution < -0.4 is 11.0 Å². The molecule has 7 heteroatoms. The molecule has 0 aromatic carbocycles. The summed E-state index contributed by atoms with van der Waals surface area (Å²) >= 11 is 1.27. The van der Waals surface area contributed by atoms with E-state index >= 15 is 0 Å². The van der Waals surface area contributed by atoms with E-state index in [1.807, 2.05) is 0 Å². The molecule has 0 radical (unpaired) electrons. The van der Waals surface area contributed by atoms with Gasteiger partial charge in [-0.15, -0.1) is 11.7 Å². The first-order valence-electron chi connectivity index (χ1n) is 6.30. The first kappa shape index (κ1) is 15.6. The van der Waals surface area contributed by atoms with Crippen molar-refractivity contribution in [1.29, 1.82) is 0 Å². The van der Waals surface area contributed by atoms with E-state index in [0.29, 0.717) is 18.2 Å². The minimum absolute atomic E-state index is 0.0950. The Labute approximate surface area is 116 Å². The molecule has 0 fully saturated rings. The lowest BCUT2D eigenvalue weighted by Gasteiger charge is -2.10. The van der Waals surface area contributed by atoms with Crippen LogP contribution in [-0.2, 0) is 11.3 Å². The number of hydrogen-bond donors (Lipinski definition) is 2. The maximum Gasteiger partial charge on any atom is 0.343 e. The average Bonchev–Trinajstić information content (AvgIpc) is 2.74. The van der Waals surface area contributed by atoms with Gasteiger partial charge >= 0.3 is 5.69 Å². The zero-order chi connectivity index (χ0) is 14.3. The third-order valence-electron chi connectivity index (χ3n) is 2.53. The van der Waals surface area contributed by atoms with Crippen LogP contribution in [0.15, 0.2) is 22.6 Å². The molecule has 1 aromatic rings. The van der Waals surface area contributed by atoms with Gasteiger partial charge in [0.25, 0.3) is 0 Å². The highest BCUT2D eigenvalue weighted by molar-refractivity contribution is 8.00. The van der Waals surface area contributed by atoms with Crippen molar-refractivity contribution >= 4 is 17.7 Å². The van der Waals surface area contributed by atoms with Gasteiger partial charge in [-0.2, -0.15) is 0 Å².